The van der Waals surface area contributed by atoms with E-state index >= 15 is 0 Å². The Bertz CT molecular complexity index is 1040. The second-order valence-electron chi connectivity index (χ2n) is 7.16. The zero-order chi connectivity index (χ0) is 19.7. The van der Waals surface area contributed by atoms with Crippen LogP contribution in [0.4, 0.5) is 11.5 Å². The van der Waals surface area contributed by atoms with Crippen molar-refractivity contribution in [1.29, 1.82) is 0 Å². The van der Waals surface area contributed by atoms with Crippen LogP contribution in [0.15, 0.2) is 47.4 Å². The molecule has 1 saturated heterocycles. The van der Waals surface area contributed by atoms with Gasteiger partial charge in [-0.3, -0.25) is 13.9 Å². The van der Waals surface area contributed by atoms with Gasteiger partial charge in [0, 0.05) is 33.2 Å². The smallest absolute Gasteiger partial charge is 0.329 e. The molecule has 0 spiro atoms. The molecule has 0 unspecified atom stereocenters. The Labute approximate surface area is 163 Å². The zero-order valence-electron chi connectivity index (χ0n) is 16.1. The molecule has 1 amide bonds. The first-order valence-corrected chi connectivity index (χ1v) is 9.36. The van der Waals surface area contributed by atoms with Crippen molar-refractivity contribution in [3.63, 3.8) is 0 Å². The number of pyridine rings is 1. The fraction of sp³-hybridized carbons (Fsp3) is 0.350. The number of hydrogen-bond acceptors (Lipinski definition) is 5. The second kappa shape index (κ2) is 7.47. The number of rotatable bonds is 4. The average Bonchev–Trinajstić information content (AvgIpc) is 2.94. The van der Waals surface area contributed by atoms with Crippen molar-refractivity contribution in [2.24, 2.45) is 7.05 Å². The molecule has 0 saturated carbocycles. The average molecular weight is 380 g/mol. The third kappa shape index (κ3) is 3.50. The van der Waals surface area contributed by atoms with Gasteiger partial charge in [0.1, 0.15) is 12.4 Å². The van der Waals surface area contributed by atoms with Gasteiger partial charge in [-0.05, 0) is 31.3 Å². The van der Waals surface area contributed by atoms with Crippen molar-refractivity contribution in [3.05, 3.63) is 53.1 Å². The number of hydrogen-bond donors (Lipinski definition) is 1. The normalized spacial score (nSPS) is 15.1. The molecule has 0 atom stereocenters. The zero-order valence-corrected chi connectivity index (χ0v) is 16.1. The SMILES string of the molecule is CN1CCN(c2ccc(NC(=O)Cn3c(=O)n(C)c4ccccc43)cn2)CC1. The topological polar surface area (TPSA) is 75.4 Å². The molecule has 146 valence electrons. The first kappa shape index (κ1) is 18.2. The van der Waals surface area contributed by atoms with E-state index in [0.717, 1.165) is 43.0 Å². The molecule has 28 heavy (non-hydrogen) atoms. The van der Waals surface area contributed by atoms with Crippen LogP contribution < -0.4 is 15.9 Å². The van der Waals surface area contributed by atoms with Crippen LogP contribution in [0.25, 0.3) is 11.0 Å². The summed E-state index contributed by atoms with van der Waals surface area (Å²) < 4.78 is 3.03. The summed E-state index contributed by atoms with van der Waals surface area (Å²) in [5, 5.41) is 2.83. The summed E-state index contributed by atoms with van der Waals surface area (Å²) in [4.78, 5) is 33.9. The molecule has 2 aromatic heterocycles. The molecule has 1 aliphatic rings. The quantitative estimate of drug-likeness (QED) is 0.734. The lowest BCUT2D eigenvalue weighted by atomic mass is 10.3. The molecule has 1 N–H and O–H groups in total. The van der Waals surface area contributed by atoms with E-state index < -0.39 is 0 Å². The molecule has 1 aliphatic heterocycles. The van der Waals surface area contributed by atoms with Gasteiger partial charge in [0.15, 0.2) is 0 Å². The second-order valence-corrected chi connectivity index (χ2v) is 7.16. The maximum absolute atomic E-state index is 12.5. The van der Waals surface area contributed by atoms with Crippen LogP contribution in [0.3, 0.4) is 0 Å². The summed E-state index contributed by atoms with van der Waals surface area (Å²) in [5.74, 6) is 0.656. The third-order valence-electron chi connectivity index (χ3n) is 5.21. The van der Waals surface area contributed by atoms with E-state index in [-0.39, 0.29) is 18.1 Å². The molecule has 1 aromatic carbocycles. The standard InChI is InChI=1S/C20H24N6O2/c1-23-9-11-25(12-10-23)18-8-7-15(13-21-18)22-19(27)14-26-17-6-4-3-5-16(17)24(2)20(26)28/h3-8,13H,9-12,14H2,1-2H3,(H,22,27). The highest BCUT2D eigenvalue weighted by Gasteiger charge is 2.16. The number of nitrogens with one attached hydrogen (secondary N) is 1. The number of likely N-dealkylation sites (N-methyl/N-ethyl adjacent to an activating group) is 1. The van der Waals surface area contributed by atoms with Gasteiger partial charge < -0.3 is 15.1 Å². The fourth-order valence-corrected chi connectivity index (χ4v) is 3.54. The van der Waals surface area contributed by atoms with Crippen molar-refractivity contribution in [1.82, 2.24) is 19.0 Å². The molecule has 0 radical (unpaired) electrons. The number of imidazole rings is 1. The van der Waals surface area contributed by atoms with Crippen LogP contribution in [0, 0.1) is 0 Å². The van der Waals surface area contributed by atoms with Crippen molar-refractivity contribution < 1.29 is 4.79 Å². The summed E-state index contributed by atoms with van der Waals surface area (Å²) in [7, 11) is 3.82. The van der Waals surface area contributed by atoms with Crippen LogP contribution in [-0.2, 0) is 18.4 Å². The number of benzene rings is 1. The third-order valence-corrected chi connectivity index (χ3v) is 5.21. The van der Waals surface area contributed by atoms with E-state index in [2.05, 4.69) is 27.1 Å². The number of amides is 1. The van der Waals surface area contributed by atoms with Gasteiger partial charge in [0.25, 0.3) is 0 Å². The molecule has 8 nitrogen and oxygen atoms in total. The molecule has 8 heteroatoms. The van der Waals surface area contributed by atoms with Gasteiger partial charge in [0.2, 0.25) is 5.91 Å². The van der Waals surface area contributed by atoms with Gasteiger partial charge in [-0.2, -0.15) is 0 Å². The Morgan fingerprint density at radius 2 is 1.75 bits per heavy atom. The van der Waals surface area contributed by atoms with Crippen LogP contribution in [0.2, 0.25) is 0 Å². The molecule has 0 bridgehead atoms. The number of carbonyl (C=O) groups is 1. The summed E-state index contributed by atoms with van der Waals surface area (Å²) >= 11 is 0. The Hall–Kier alpha value is -3.13. The number of aryl methyl sites for hydroxylation is 1. The van der Waals surface area contributed by atoms with E-state index in [1.54, 1.807) is 17.8 Å². The minimum absolute atomic E-state index is 0.0413. The first-order chi connectivity index (χ1) is 13.5. The largest absolute Gasteiger partial charge is 0.354 e. The Morgan fingerprint density at radius 1 is 1.04 bits per heavy atom. The molecule has 3 aromatic rings. The number of fused-ring (bicyclic) bond motifs is 1. The summed E-state index contributed by atoms with van der Waals surface area (Å²) in [6.07, 6.45) is 1.66. The number of carbonyl (C=O) groups excluding carboxylic acids is 1. The van der Waals surface area contributed by atoms with Crippen molar-refractivity contribution in [2.75, 3.05) is 43.4 Å². The summed E-state index contributed by atoms with van der Waals surface area (Å²) in [5.41, 5.74) is 1.96. The van der Waals surface area contributed by atoms with E-state index in [9.17, 15) is 9.59 Å². The van der Waals surface area contributed by atoms with E-state index in [1.165, 1.54) is 4.57 Å². The maximum Gasteiger partial charge on any atom is 0.329 e. The predicted octanol–water partition coefficient (Wildman–Crippen LogP) is 1.13. The molecular formula is C20H24N6O2. The number of piperazine rings is 1. The van der Waals surface area contributed by atoms with Gasteiger partial charge in [0.05, 0.1) is 22.9 Å². The molecular weight excluding hydrogens is 356 g/mol. The first-order valence-electron chi connectivity index (χ1n) is 9.36. The monoisotopic (exact) mass is 380 g/mol. The van der Waals surface area contributed by atoms with Crippen LogP contribution in [0.1, 0.15) is 0 Å². The van der Waals surface area contributed by atoms with Crippen LogP contribution >= 0.6 is 0 Å². The van der Waals surface area contributed by atoms with Gasteiger partial charge in [-0.1, -0.05) is 12.1 Å². The number of aromatic nitrogens is 3. The van der Waals surface area contributed by atoms with Crippen LogP contribution in [-0.4, -0.2) is 58.2 Å². The highest BCUT2D eigenvalue weighted by Crippen LogP contribution is 2.16. The van der Waals surface area contributed by atoms with Gasteiger partial charge in [-0.25, -0.2) is 9.78 Å². The minimum atomic E-state index is -0.257. The highest BCUT2D eigenvalue weighted by molar-refractivity contribution is 5.91. The molecule has 4 rings (SSSR count). The lowest BCUT2D eigenvalue weighted by Crippen LogP contribution is -2.44. The number of para-hydroxylation sites is 2. The highest BCUT2D eigenvalue weighted by atomic mass is 16.2. The Balaban J connectivity index is 1.45. The number of anilines is 2. The minimum Gasteiger partial charge on any atom is -0.354 e. The lowest BCUT2D eigenvalue weighted by molar-refractivity contribution is -0.116. The van der Waals surface area contributed by atoms with Gasteiger partial charge in [-0.15, -0.1) is 0 Å². The molecule has 3 heterocycles. The Kier molecular flexibility index (Phi) is 4.87. The van der Waals surface area contributed by atoms with Crippen molar-refractivity contribution >= 4 is 28.4 Å². The molecule has 1 fully saturated rings. The van der Waals surface area contributed by atoms with Crippen molar-refractivity contribution in [3.8, 4) is 0 Å². The fourth-order valence-electron chi connectivity index (χ4n) is 3.54. The van der Waals surface area contributed by atoms with E-state index in [4.69, 9.17) is 0 Å². The number of nitrogens with zero attached hydrogens (tertiary/aromatic N) is 5. The molecule has 0 aliphatic carbocycles. The van der Waals surface area contributed by atoms with Crippen LogP contribution in [0.5, 0.6) is 0 Å². The Morgan fingerprint density at radius 3 is 2.43 bits per heavy atom. The summed E-state index contributed by atoms with van der Waals surface area (Å²) in [6.45, 7) is 3.87. The van der Waals surface area contributed by atoms with Crippen molar-refractivity contribution in [2.45, 2.75) is 6.54 Å². The lowest BCUT2D eigenvalue weighted by Gasteiger charge is -2.33. The van der Waals surface area contributed by atoms with E-state index in [0.29, 0.717) is 5.69 Å². The summed E-state index contributed by atoms with van der Waals surface area (Å²) in [6, 6.07) is 11.2. The maximum atomic E-state index is 12.5. The van der Waals surface area contributed by atoms with E-state index in [1.807, 2.05) is 36.4 Å². The van der Waals surface area contributed by atoms with Gasteiger partial charge >= 0.3 is 5.69 Å². The predicted molar refractivity (Wildman–Crippen MR) is 110 cm³/mol.